The van der Waals surface area contributed by atoms with Gasteiger partial charge in [-0.25, -0.2) is 4.79 Å². The summed E-state index contributed by atoms with van der Waals surface area (Å²) in [6.45, 7) is 1.63. The van der Waals surface area contributed by atoms with Gasteiger partial charge in [0.2, 0.25) is 5.91 Å². The summed E-state index contributed by atoms with van der Waals surface area (Å²) in [6, 6.07) is 7.42. The summed E-state index contributed by atoms with van der Waals surface area (Å²) in [5.41, 5.74) is -0.672. The van der Waals surface area contributed by atoms with Gasteiger partial charge in [0, 0.05) is 12.2 Å². The normalized spacial score (nSPS) is 12.9. The predicted octanol–water partition coefficient (Wildman–Crippen LogP) is 3.71. The number of hydrogen-bond donors (Lipinski definition) is 3. The van der Waals surface area contributed by atoms with Gasteiger partial charge in [-0.2, -0.15) is 16.6 Å². The second-order valence-electron chi connectivity index (χ2n) is 5.95. The molecule has 3 N–H and O–H groups in total. The molecule has 0 fully saturated rings. The van der Waals surface area contributed by atoms with E-state index in [4.69, 9.17) is 5.26 Å². The first-order chi connectivity index (χ1) is 13.6. The summed E-state index contributed by atoms with van der Waals surface area (Å²) in [4.78, 5) is 25.0. The minimum atomic E-state index is -4.81. The number of urea groups is 1. The molecule has 2 rings (SSSR count). The van der Waals surface area contributed by atoms with Crippen LogP contribution < -0.4 is 20.7 Å². The highest BCUT2D eigenvalue weighted by molar-refractivity contribution is 7.08. The molecule has 0 saturated heterocycles. The molecule has 0 aliphatic rings. The molecule has 1 heterocycles. The van der Waals surface area contributed by atoms with Crippen LogP contribution in [0, 0.1) is 11.3 Å². The summed E-state index contributed by atoms with van der Waals surface area (Å²) in [6.07, 6.45) is -4.70. The van der Waals surface area contributed by atoms with Gasteiger partial charge in [-0.3, -0.25) is 4.79 Å². The van der Waals surface area contributed by atoms with Crippen molar-refractivity contribution in [1.82, 2.24) is 10.6 Å². The highest BCUT2D eigenvalue weighted by atomic mass is 32.1. The van der Waals surface area contributed by atoms with Crippen molar-refractivity contribution in [2.45, 2.75) is 25.2 Å². The Morgan fingerprint density at radius 3 is 2.45 bits per heavy atom. The Balaban J connectivity index is 2.08. The standard InChI is InChI=1S/C18H17F3N4O3S/c1-17(12-7-10-29-11-12,15(26)23-9-2-8-22)25-16(27)24-13-3-5-14(6-4-13)28-18(19,20)21/h3-7,10-11H,2,9H2,1H3,(H,23,26)(H2,24,25,27). The number of nitrogens with one attached hydrogen (secondary N) is 3. The molecule has 1 aromatic carbocycles. The van der Waals surface area contributed by atoms with Gasteiger partial charge in [0.1, 0.15) is 11.3 Å². The minimum Gasteiger partial charge on any atom is -0.406 e. The average Bonchev–Trinajstić information content (AvgIpc) is 3.17. The third-order valence-corrected chi connectivity index (χ3v) is 4.47. The molecule has 0 saturated carbocycles. The average molecular weight is 426 g/mol. The lowest BCUT2D eigenvalue weighted by Crippen LogP contribution is -2.55. The molecular weight excluding hydrogens is 409 g/mol. The highest BCUT2D eigenvalue weighted by Crippen LogP contribution is 2.25. The summed E-state index contributed by atoms with van der Waals surface area (Å²) in [5.74, 6) is -0.932. The van der Waals surface area contributed by atoms with E-state index in [9.17, 15) is 22.8 Å². The quantitative estimate of drug-likeness (QED) is 0.587. The third kappa shape index (κ3) is 6.39. The van der Waals surface area contributed by atoms with E-state index in [-0.39, 0.29) is 18.7 Å². The van der Waals surface area contributed by atoms with Crippen molar-refractivity contribution in [1.29, 1.82) is 5.26 Å². The van der Waals surface area contributed by atoms with Crippen molar-refractivity contribution in [2.75, 3.05) is 11.9 Å². The molecule has 1 unspecified atom stereocenters. The van der Waals surface area contributed by atoms with Crippen LogP contribution in [0.1, 0.15) is 18.9 Å². The van der Waals surface area contributed by atoms with Crippen LogP contribution in [0.4, 0.5) is 23.7 Å². The number of anilines is 1. The summed E-state index contributed by atoms with van der Waals surface area (Å²) >= 11 is 1.34. The van der Waals surface area contributed by atoms with Crippen LogP contribution in [0.25, 0.3) is 0 Å². The van der Waals surface area contributed by atoms with Gasteiger partial charge in [0.15, 0.2) is 0 Å². The van der Waals surface area contributed by atoms with Crippen LogP contribution in [0.5, 0.6) is 5.75 Å². The Hall–Kier alpha value is -3.26. The van der Waals surface area contributed by atoms with Crippen molar-refractivity contribution in [3.8, 4) is 11.8 Å². The van der Waals surface area contributed by atoms with Crippen LogP contribution in [0.2, 0.25) is 0 Å². The lowest BCUT2D eigenvalue weighted by Gasteiger charge is -2.29. The number of carbonyl (C=O) groups is 2. The Labute approximate surface area is 168 Å². The van der Waals surface area contributed by atoms with E-state index < -0.39 is 29.6 Å². The largest absolute Gasteiger partial charge is 0.573 e. The number of amides is 3. The maximum atomic E-state index is 12.6. The fourth-order valence-electron chi connectivity index (χ4n) is 2.35. The number of carbonyl (C=O) groups excluding carboxylic acids is 2. The maximum Gasteiger partial charge on any atom is 0.573 e. The number of hydrogen-bond acceptors (Lipinski definition) is 5. The van der Waals surface area contributed by atoms with Crippen molar-refractivity contribution in [2.24, 2.45) is 0 Å². The van der Waals surface area contributed by atoms with Gasteiger partial charge in [-0.1, -0.05) is 0 Å². The molecule has 2 aromatic rings. The molecule has 1 aromatic heterocycles. The zero-order valence-corrected chi connectivity index (χ0v) is 16.0. The first kappa shape index (κ1) is 22.0. The third-order valence-electron chi connectivity index (χ3n) is 3.78. The number of ether oxygens (including phenoxy) is 1. The first-order valence-electron chi connectivity index (χ1n) is 8.27. The second-order valence-corrected chi connectivity index (χ2v) is 6.73. The lowest BCUT2D eigenvalue weighted by atomic mass is 9.93. The van der Waals surface area contributed by atoms with Gasteiger partial charge in [-0.15, -0.1) is 13.2 Å². The molecule has 154 valence electrons. The topological polar surface area (TPSA) is 103 Å². The van der Waals surface area contributed by atoms with E-state index in [0.29, 0.717) is 5.56 Å². The van der Waals surface area contributed by atoms with Crippen LogP contribution in [-0.4, -0.2) is 24.8 Å². The van der Waals surface area contributed by atoms with Gasteiger partial charge in [-0.05, 0) is 53.6 Å². The molecule has 0 bridgehead atoms. The molecule has 11 heteroatoms. The molecule has 3 amide bonds. The van der Waals surface area contributed by atoms with Crippen molar-refractivity contribution in [3.63, 3.8) is 0 Å². The van der Waals surface area contributed by atoms with E-state index in [1.54, 1.807) is 16.8 Å². The molecule has 0 aliphatic heterocycles. The van der Waals surface area contributed by atoms with Gasteiger partial charge in [0.05, 0.1) is 12.5 Å². The predicted molar refractivity (Wildman–Crippen MR) is 100 cm³/mol. The molecule has 7 nitrogen and oxygen atoms in total. The SMILES string of the molecule is CC(NC(=O)Nc1ccc(OC(F)(F)F)cc1)(C(=O)NCCC#N)c1ccsc1. The first-order valence-corrected chi connectivity index (χ1v) is 9.21. The maximum absolute atomic E-state index is 12.6. The Bertz CT molecular complexity index is 879. The molecule has 0 spiro atoms. The lowest BCUT2D eigenvalue weighted by molar-refractivity contribution is -0.274. The van der Waals surface area contributed by atoms with Crippen molar-refractivity contribution >= 4 is 29.0 Å². The zero-order valence-electron chi connectivity index (χ0n) is 15.2. The van der Waals surface area contributed by atoms with Crippen molar-refractivity contribution < 1.29 is 27.5 Å². The number of rotatable bonds is 7. The van der Waals surface area contributed by atoms with Crippen molar-refractivity contribution in [3.05, 3.63) is 46.7 Å². The second kappa shape index (κ2) is 9.29. The minimum absolute atomic E-state index is 0.115. The van der Waals surface area contributed by atoms with Crippen LogP contribution in [-0.2, 0) is 10.3 Å². The van der Waals surface area contributed by atoms with E-state index in [1.807, 2.05) is 6.07 Å². The summed E-state index contributed by atoms with van der Waals surface area (Å²) in [7, 11) is 0. The molecule has 29 heavy (non-hydrogen) atoms. The zero-order chi connectivity index (χ0) is 21.5. The van der Waals surface area contributed by atoms with E-state index >= 15 is 0 Å². The monoisotopic (exact) mass is 426 g/mol. The van der Waals surface area contributed by atoms with E-state index in [2.05, 4.69) is 20.7 Å². The molecule has 0 radical (unpaired) electrons. The van der Waals surface area contributed by atoms with Gasteiger partial charge >= 0.3 is 12.4 Å². The van der Waals surface area contributed by atoms with E-state index in [1.165, 1.54) is 30.4 Å². The van der Waals surface area contributed by atoms with Gasteiger partial charge < -0.3 is 20.7 Å². The van der Waals surface area contributed by atoms with Crippen LogP contribution in [0.3, 0.4) is 0 Å². The fourth-order valence-corrected chi connectivity index (χ4v) is 3.11. The van der Waals surface area contributed by atoms with Crippen LogP contribution in [0.15, 0.2) is 41.1 Å². The number of benzene rings is 1. The number of alkyl halides is 3. The number of halogens is 3. The Morgan fingerprint density at radius 2 is 1.90 bits per heavy atom. The molecule has 0 aliphatic carbocycles. The summed E-state index contributed by atoms with van der Waals surface area (Å²) < 4.78 is 40.4. The number of thiophene rings is 1. The van der Waals surface area contributed by atoms with Crippen LogP contribution >= 0.6 is 11.3 Å². The summed E-state index contributed by atoms with van der Waals surface area (Å²) in [5, 5.41) is 19.7. The molecular formula is C18H17F3N4O3S. The number of nitrogens with zero attached hydrogens (tertiary/aromatic N) is 1. The Kier molecular flexibility index (Phi) is 7.06. The smallest absolute Gasteiger partial charge is 0.406 e. The fraction of sp³-hybridized carbons (Fsp3) is 0.278. The molecule has 1 atom stereocenters. The number of nitriles is 1. The van der Waals surface area contributed by atoms with Gasteiger partial charge in [0.25, 0.3) is 0 Å². The van der Waals surface area contributed by atoms with E-state index in [0.717, 1.165) is 12.1 Å². The Morgan fingerprint density at radius 1 is 1.21 bits per heavy atom. The highest BCUT2D eigenvalue weighted by Gasteiger charge is 2.37.